The molecule has 0 atom stereocenters. The fraction of sp³-hybridized carbons (Fsp3) is 0.438. The van der Waals surface area contributed by atoms with Gasteiger partial charge in [-0.1, -0.05) is 11.8 Å². The number of rotatable bonds is 2. The number of amides is 1. The minimum Gasteiger partial charge on any atom is -0.508 e. The van der Waals surface area contributed by atoms with Crippen LogP contribution in [0.5, 0.6) is 5.75 Å². The molecular weight excluding hydrogens is 311 g/mol. The number of phenols is 1. The van der Waals surface area contributed by atoms with Crippen LogP contribution in [0.1, 0.15) is 38.3 Å². The Balaban J connectivity index is 2.63. The summed E-state index contributed by atoms with van der Waals surface area (Å²) in [4.78, 5) is 11.4. The quantitative estimate of drug-likeness (QED) is 0.643. The summed E-state index contributed by atoms with van der Waals surface area (Å²) in [7, 11) is 0. The number of hydrogen-bond donors (Lipinski definition) is 2. The molecule has 0 heterocycles. The molecule has 0 aliphatic heterocycles. The van der Waals surface area contributed by atoms with E-state index in [4.69, 9.17) is 9.84 Å². The molecule has 0 fully saturated rings. The Hall–Kier alpha value is -2.36. The SMILES string of the molecule is CC(C)(C)OC(=O)NCCC#Cc1ccc(O)cc1C(F)(F)F. The number of alkyl carbamates (subject to hydrolysis) is 1. The van der Waals surface area contributed by atoms with E-state index in [0.717, 1.165) is 12.1 Å². The van der Waals surface area contributed by atoms with Gasteiger partial charge in [0, 0.05) is 18.5 Å². The number of halogens is 3. The van der Waals surface area contributed by atoms with E-state index in [2.05, 4.69) is 17.2 Å². The van der Waals surface area contributed by atoms with E-state index in [1.54, 1.807) is 20.8 Å². The second kappa shape index (κ2) is 7.27. The third kappa shape index (κ3) is 6.96. The fourth-order valence-electron chi connectivity index (χ4n) is 1.57. The summed E-state index contributed by atoms with van der Waals surface area (Å²) < 4.78 is 43.4. The molecule has 0 saturated heterocycles. The lowest BCUT2D eigenvalue weighted by Crippen LogP contribution is -2.32. The Morgan fingerprint density at radius 3 is 2.52 bits per heavy atom. The topological polar surface area (TPSA) is 58.6 Å². The predicted octanol–water partition coefficient (Wildman–Crippen LogP) is 3.68. The van der Waals surface area contributed by atoms with E-state index in [1.807, 2.05) is 0 Å². The van der Waals surface area contributed by atoms with Crippen molar-refractivity contribution in [2.75, 3.05) is 6.54 Å². The van der Waals surface area contributed by atoms with Crippen molar-refractivity contribution < 1.29 is 27.8 Å². The van der Waals surface area contributed by atoms with Gasteiger partial charge < -0.3 is 15.2 Å². The van der Waals surface area contributed by atoms with E-state index in [1.165, 1.54) is 0 Å². The first-order chi connectivity index (χ1) is 10.5. The van der Waals surface area contributed by atoms with Gasteiger partial charge in [-0.25, -0.2) is 4.79 Å². The Morgan fingerprint density at radius 2 is 1.96 bits per heavy atom. The maximum absolute atomic E-state index is 12.8. The number of phenolic OH excluding ortho intramolecular Hbond substituents is 1. The van der Waals surface area contributed by atoms with Crippen molar-refractivity contribution in [2.24, 2.45) is 0 Å². The Morgan fingerprint density at radius 1 is 1.30 bits per heavy atom. The summed E-state index contributed by atoms with van der Waals surface area (Å²) in [6.07, 6.45) is -5.05. The first kappa shape index (κ1) is 18.7. The van der Waals surface area contributed by atoms with E-state index in [9.17, 15) is 18.0 Å². The highest BCUT2D eigenvalue weighted by Gasteiger charge is 2.33. The molecule has 7 heteroatoms. The van der Waals surface area contributed by atoms with Crippen molar-refractivity contribution in [1.82, 2.24) is 5.32 Å². The number of hydrogen-bond acceptors (Lipinski definition) is 3. The number of ether oxygens (including phenoxy) is 1. The third-order valence-corrected chi connectivity index (χ3v) is 2.45. The van der Waals surface area contributed by atoms with E-state index in [0.29, 0.717) is 6.07 Å². The summed E-state index contributed by atoms with van der Waals surface area (Å²) in [6, 6.07) is 2.87. The summed E-state index contributed by atoms with van der Waals surface area (Å²) in [5.41, 5.74) is -1.85. The van der Waals surface area contributed by atoms with Crippen molar-refractivity contribution in [3.63, 3.8) is 0 Å². The van der Waals surface area contributed by atoms with Crippen LogP contribution in [0.4, 0.5) is 18.0 Å². The first-order valence-electron chi connectivity index (χ1n) is 6.85. The first-order valence-corrected chi connectivity index (χ1v) is 6.85. The Kier molecular flexibility index (Phi) is 5.91. The number of carbonyl (C=O) groups is 1. The van der Waals surface area contributed by atoms with Gasteiger partial charge in [-0.3, -0.25) is 0 Å². The smallest absolute Gasteiger partial charge is 0.417 e. The number of aromatic hydroxyl groups is 1. The summed E-state index contributed by atoms with van der Waals surface area (Å²) in [5.74, 6) is 4.47. The van der Waals surface area contributed by atoms with Gasteiger partial charge in [0.15, 0.2) is 0 Å². The number of alkyl halides is 3. The molecule has 2 N–H and O–H groups in total. The van der Waals surface area contributed by atoms with Gasteiger partial charge in [-0.2, -0.15) is 13.2 Å². The average molecular weight is 329 g/mol. The standard InChI is InChI=1S/C16H18F3NO3/c1-15(2,3)23-14(22)20-9-5-4-6-11-7-8-12(21)10-13(11)16(17,18)19/h7-8,10,21H,5,9H2,1-3H3,(H,20,22). The zero-order valence-electron chi connectivity index (χ0n) is 13.0. The van der Waals surface area contributed by atoms with Crippen molar-refractivity contribution >= 4 is 6.09 Å². The Bertz CT molecular complexity index is 622. The molecule has 0 spiro atoms. The van der Waals surface area contributed by atoms with Crippen LogP contribution in [0.15, 0.2) is 18.2 Å². The minimum absolute atomic E-state index is 0.154. The molecule has 1 amide bonds. The minimum atomic E-state index is -4.60. The maximum atomic E-state index is 12.8. The molecule has 0 aliphatic rings. The lowest BCUT2D eigenvalue weighted by atomic mass is 10.1. The van der Waals surface area contributed by atoms with Gasteiger partial charge >= 0.3 is 12.3 Å². The van der Waals surface area contributed by atoms with Crippen molar-refractivity contribution in [1.29, 1.82) is 0 Å². The summed E-state index contributed by atoms with van der Waals surface area (Å²) >= 11 is 0. The number of benzene rings is 1. The molecule has 1 aromatic rings. The highest BCUT2D eigenvalue weighted by molar-refractivity contribution is 5.67. The van der Waals surface area contributed by atoms with Gasteiger partial charge in [0.25, 0.3) is 0 Å². The molecule has 1 rings (SSSR count). The van der Waals surface area contributed by atoms with Crippen LogP contribution in [-0.4, -0.2) is 23.3 Å². The van der Waals surface area contributed by atoms with Gasteiger partial charge in [0.1, 0.15) is 11.4 Å². The molecule has 0 aliphatic carbocycles. The van der Waals surface area contributed by atoms with Crippen LogP contribution < -0.4 is 5.32 Å². The van der Waals surface area contributed by atoms with Crippen molar-refractivity contribution in [3.8, 4) is 17.6 Å². The van der Waals surface area contributed by atoms with Crippen LogP contribution in [0.2, 0.25) is 0 Å². The lowest BCUT2D eigenvalue weighted by Gasteiger charge is -2.19. The van der Waals surface area contributed by atoms with Gasteiger partial charge in [-0.15, -0.1) is 0 Å². The Labute approximate surface area is 132 Å². The molecule has 0 aromatic heterocycles. The second-order valence-corrected chi connectivity index (χ2v) is 5.71. The molecule has 4 nitrogen and oxygen atoms in total. The molecule has 0 unspecified atom stereocenters. The van der Waals surface area contributed by atoms with Gasteiger partial charge in [0.05, 0.1) is 5.56 Å². The number of carbonyl (C=O) groups excluding carboxylic acids is 1. The number of nitrogens with one attached hydrogen (secondary N) is 1. The van der Waals surface area contributed by atoms with E-state index in [-0.39, 0.29) is 18.5 Å². The van der Waals surface area contributed by atoms with E-state index < -0.39 is 29.2 Å². The normalized spacial score (nSPS) is 11.4. The molecule has 23 heavy (non-hydrogen) atoms. The average Bonchev–Trinajstić information content (AvgIpc) is 2.36. The van der Waals surface area contributed by atoms with Crippen LogP contribution in [0, 0.1) is 11.8 Å². The van der Waals surface area contributed by atoms with Crippen LogP contribution in [-0.2, 0) is 10.9 Å². The van der Waals surface area contributed by atoms with Crippen LogP contribution >= 0.6 is 0 Å². The van der Waals surface area contributed by atoms with Crippen molar-refractivity contribution in [2.45, 2.75) is 39.0 Å². The van der Waals surface area contributed by atoms with Crippen LogP contribution in [0.3, 0.4) is 0 Å². The van der Waals surface area contributed by atoms with Crippen LogP contribution in [0.25, 0.3) is 0 Å². The van der Waals surface area contributed by atoms with E-state index >= 15 is 0 Å². The third-order valence-electron chi connectivity index (χ3n) is 2.45. The zero-order valence-corrected chi connectivity index (χ0v) is 13.0. The van der Waals surface area contributed by atoms with Gasteiger partial charge in [-0.05, 0) is 39.0 Å². The predicted molar refractivity (Wildman–Crippen MR) is 78.8 cm³/mol. The molecule has 126 valence electrons. The maximum Gasteiger partial charge on any atom is 0.417 e. The highest BCUT2D eigenvalue weighted by atomic mass is 19.4. The van der Waals surface area contributed by atoms with Crippen molar-refractivity contribution in [3.05, 3.63) is 29.3 Å². The fourth-order valence-corrected chi connectivity index (χ4v) is 1.57. The van der Waals surface area contributed by atoms with Gasteiger partial charge in [0.2, 0.25) is 0 Å². The highest BCUT2D eigenvalue weighted by Crippen LogP contribution is 2.33. The molecule has 0 radical (unpaired) electrons. The monoisotopic (exact) mass is 329 g/mol. The molecule has 1 aromatic carbocycles. The largest absolute Gasteiger partial charge is 0.508 e. The molecular formula is C16H18F3NO3. The molecule has 0 bridgehead atoms. The summed E-state index contributed by atoms with van der Waals surface area (Å²) in [5, 5.41) is 11.6. The summed E-state index contributed by atoms with van der Waals surface area (Å²) in [6.45, 7) is 5.31. The molecule has 0 saturated carbocycles. The zero-order chi connectivity index (χ0) is 17.7. The lowest BCUT2D eigenvalue weighted by molar-refractivity contribution is -0.137. The second-order valence-electron chi connectivity index (χ2n) is 5.71.